The number of allylic oxidation sites excluding steroid dienone is 1. The van der Waals surface area contributed by atoms with Crippen molar-refractivity contribution in [2.45, 2.75) is 32.7 Å². The van der Waals surface area contributed by atoms with Gasteiger partial charge in [-0.2, -0.15) is 0 Å². The van der Waals surface area contributed by atoms with Crippen LogP contribution in [0.5, 0.6) is 0 Å². The third-order valence-electron chi connectivity index (χ3n) is 3.57. The Morgan fingerprint density at radius 1 is 1.37 bits per heavy atom. The lowest BCUT2D eigenvalue weighted by Gasteiger charge is -2.30. The molecule has 0 radical (unpaired) electrons. The number of hydrogen-bond donors (Lipinski definition) is 3. The fourth-order valence-corrected chi connectivity index (χ4v) is 2.40. The second-order valence-corrected chi connectivity index (χ2v) is 4.98. The minimum absolute atomic E-state index is 0.117. The number of anilines is 1. The van der Waals surface area contributed by atoms with Gasteiger partial charge in [-0.15, -0.1) is 5.10 Å². The van der Waals surface area contributed by atoms with Gasteiger partial charge in [0.1, 0.15) is 6.01 Å². The fraction of sp³-hybridized carbons (Fsp3) is 0.400. The van der Waals surface area contributed by atoms with Crippen molar-refractivity contribution >= 4 is 11.7 Å². The first-order chi connectivity index (χ1) is 9.22. The number of aryl methyl sites for hydroxylation is 1. The first kappa shape index (κ1) is 13.4. The molecule has 1 aliphatic carbocycles. The lowest BCUT2D eigenvalue weighted by molar-refractivity contribution is 0.390. The van der Waals surface area contributed by atoms with Crippen molar-refractivity contribution in [2.24, 2.45) is 11.0 Å². The Hall–Kier alpha value is -2.06. The normalized spacial score (nSPS) is 22.1. The smallest absolute Gasteiger partial charge is 0.111 e. The molecule has 1 unspecified atom stereocenters. The van der Waals surface area contributed by atoms with Crippen molar-refractivity contribution in [3.8, 4) is 0 Å². The average molecular weight is 256 g/mol. The van der Waals surface area contributed by atoms with Crippen LogP contribution in [0.1, 0.15) is 25.3 Å². The van der Waals surface area contributed by atoms with E-state index in [0.29, 0.717) is 5.92 Å². The third-order valence-corrected chi connectivity index (χ3v) is 3.57. The molecule has 2 rings (SSSR count). The molecule has 1 aliphatic rings. The Morgan fingerprint density at radius 3 is 2.89 bits per heavy atom. The highest BCUT2D eigenvalue weighted by Gasteiger charge is 2.24. The van der Waals surface area contributed by atoms with Gasteiger partial charge in [0.25, 0.3) is 0 Å². The number of rotatable bonds is 4. The van der Waals surface area contributed by atoms with E-state index < -0.39 is 0 Å². The molecule has 19 heavy (non-hydrogen) atoms. The van der Waals surface area contributed by atoms with Gasteiger partial charge in [0.05, 0.1) is 6.04 Å². The minimum Gasteiger partial charge on any atom is -0.357 e. The molecule has 3 N–H and O–H groups in total. The Labute approximate surface area is 114 Å². The molecule has 0 amide bonds. The van der Waals surface area contributed by atoms with E-state index in [2.05, 4.69) is 47.9 Å². The molecule has 0 saturated heterocycles. The van der Waals surface area contributed by atoms with E-state index in [-0.39, 0.29) is 6.04 Å². The van der Waals surface area contributed by atoms with Gasteiger partial charge in [0.2, 0.25) is 0 Å². The Bertz CT molecular complexity index is 515. The predicted octanol–water partition coefficient (Wildman–Crippen LogP) is 3.35. The number of benzene rings is 1. The summed E-state index contributed by atoms with van der Waals surface area (Å²) < 4.78 is 0. The first-order valence-corrected chi connectivity index (χ1v) is 6.62. The molecule has 0 heterocycles. The summed E-state index contributed by atoms with van der Waals surface area (Å²) >= 11 is 0. The van der Waals surface area contributed by atoms with Crippen LogP contribution in [0.15, 0.2) is 41.1 Å². The lowest BCUT2D eigenvalue weighted by Crippen LogP contribution is -2.38. The topological polar surface area (TPSA) is 60.3 Å². The zero-order valence-corrected chi connectivity index (χ0v) is 11.4. The molecule has 100 valence electrons. The van der Waals surface area contributed by atoms with Crippen LogP contribution < -0.4 is 10.7 Å². The van der Waals surface area contributed by atoms with Crippen molar-refractivity contribution < 1.29 is 0 Å². The molecule has 4 heteroatoms. The molecule has 0 aromatic heterocycles. The number of para-hydroxylation sites is 1. The van der Waals surface area contributed by atoms with E-state index in [1.807, 2.05) is 18.1 Å². The van der Waals surface area contributed by atoms with Crippen LogP contribution >= 0.6 is 0 Å². The van der Waals surface area contributed by atoms with Crippen LogP contribution in [0.2, 0.25) is 0 Å². The molecular formula is C15H20N4. The summed E-state index contributed by atoms with van der Waals surface area (Å²) in [6, 6.07) is 10.4. The molecule has 1 aromatic rings. The van der Waals surface area contributed by atoms with Gasteiger partial charge in [-0.25, -0.2) is 5.41 Å². The minimum atomic E-state index is 0.117. The van der Waals surface area contributed by atoms with Crippen LogP contribution in [0, 0.1) is 18.3 Å². The second-order valence-electron chi connectivity index (χ2n) is 4.98. The molecule has 4 nitrogen and oxygen atoms in total. The van der Waals surface area contributed by atoms with E-state index >= 15 is 0 Å². The fourth-order valence-electron chi connectivity index (χ4n) is 2.40. The average Bonchev–Trinajstić information content (AvgIpc) is 2.41. The number of hydrogen-bond acceptors (Lipinski definition) is 4. The van der Waals surface area contributed by atoms with E-state index in [9.17, 15) is 0 Å². The van der Waals surface area contributed by atoms with Crippen molar-refractivity contribution in [3.63, 3.8) is 0 Å². The molecule has 1 aromatic carbocycles. The second kappa shape index (κ2) is 6.21. The van der Waals surface area contributed by atoms with E-state index in [0.717, 1.165) is 24.2 Å². The summed E-state index contributed by atoms with van der Waals surface area (Å²) in [6.07, 6.45) is 4.41. The summed E-state index contributed by atoms with van der Waals surface area (Å²) in [5.74, 6) is 0.480. The summed E-state index contributed by atoms with van der Waals surface area (Å²) in [6.45, 7) is 4.29. The Morgan fingerprint density at radius 2 is 2.16 bits per heavy atom. The first-order valence-electron chi connectivity index (χ1n) is 6.62. The van der Waals surface area contributed by atoms with E-state index in [1.165, 1.54) is 5.56 Å². The lowest BCUT2D eigenvalue weighted by atomic mass is 9.89. The van der Waals surface area contributed by atoms with Crippen LogP contribution in [0.4, 0.5) is 5.69 Å². The van der Waals surface area contributed by atoms with Crippen LogP contribution in [0.3, 0.4) is 0 Å². The summed E-state index contributed by atoms with van der Waals surface area (Å²) in [5.41, 5.74) is 6.48. The SMILES string of the molecule is Cc1ccccc1NC1=CCCC(C)[C@H]1NN=C=N. The predicted molar refractivity (Wildman–Crippen MR) is 78.4 cm³/mol. The van der Waals surface area contributed by atoms with Crippen LogP contribution in [-0.2, 0) is 0 Å². The highest BCUT2D eigenvalue weighted by Crippen LogP contribution is 2.26. The van der Waals surface area contributed by atoms with Gasteiger partial charge >= 0.3 is 0 Å². The molecular weight excluding hydrogens is 236 g/mol. The van der Waals surface area contributed by atoms with Crippen LogP contribution in [0.25, 0.3) is 0 Å². The maximum atomic E-state index is 6.89. The molecule has 2 atom stereocenters. The Kier molecular flexibility index (Phi) is 4.37. The van der Waals surface area contributed by atoms with Crippen molar-refractivity contribution in [2.75, 3.05) is 5.32 Å². The van der Waals surface area contributed by atoms with Gasteiger partial charge in [-0.05, 0) is 37.3 Å². The molecule has 0 saturated carbocycles. The van der Waals surface area contributed by atoms with Crippen molar-refractivity contribution in [3.05, 3.63) is 41.6 Å². The highest BCUT2D eigenvalue weighted by molar-refractivity contribution is 5.55. The number of nitrogens with zero attached hydrogens (tertiary/aromatic N) is 1. The standard InChI is InChI=1S/C15H20N4/c1-11-6-3-4-8-13(11)18-14-9-5-7-12(2)15(14)19-17-10-16/h3-4,6,8-9,12,15-16,18-19H,5,7H2,1-2H3/t12?,15-/m1/s1. The van der Waals surface area contributed by atoms with Gasteiger partial charge in [0.15, 0.2) is 0 Å². The number of hydrazone groups is 1. The molecule has 0 spiro atoms. The maximum absolute atomic E-state index is 6.89. The zero-order valence-electron chi connectivity index (χ0n) is 11.4. The quantitative estimate of drug-likeness (QED) is 0.571. The largest absolute Gasteiger partial charge is 0.357 e. The van der Waals surface area contributed by atoms with Gasteiger partial charge in [0, 0.05) is 11.4 Å². The molecule has 0 bridgehead atoms. The van der Waals surface area contributed by atoms with E-state index in [4.69, 9.17) is 5.41 Å². The van der Waals surface area contributed by atoms with Gasteiger partial charge < -0.3 is 5.32 Å². The Balaban J connectivity index is 2.18. The molecule has 0 fully saturated rings. The summed E-state index contributed by atoms with van der Waals surface area (Å²) in [4.78, 5) is 0. The number of nitrogens with one attached hydrogen (secondary N) is 3. The summed E-state index contributed by atoms with van der Waals surface area (Å²) in [7, 11) is 0. The van der Waals surface area contributed by atoms with Gasteiger partial charge in [-0.3, -0.25) is 5.43 Å². The molecule has 0 aliphatic heterocycles. The highest BCUT2D eigenvalue weighted by atomic mass is 15.3. The monoisotopic (exact) mass is 256 g/mol. The summed E-state index contributed by atoms with van der Waals surface area (Å²) in [5, 5.41) is 14.1. The van der Waals surface area contributed by atoms with Gasteiger partial charge in [-0.1, -0.05) is 31.2 Å². The van der Waals surface area contributed by atoms with Crippen molar-refractivity contribution in [1.29, 1.82) is 5.41 Å². The zero-order chi connectivity index (χ0) is 13.7. The van der Waals surface area contributed by atoms with Crippen molar-refractivity contribution in [1.82, 2.24) is 5.43 Å². The van der Waals surface area contributed by atoms with E-state index in [1.54, 1.807) is 0 Å². The maximum Gasteiger partial charge on any atom is 0.111 e. The van der Waals surface area contributed by atoms with Crippen LogP contribution in [-0.4, -0.2) is 12.1 Å². The third kappa shape index (κ3) is 3.24.